The van der Waals surface area contributed by atoms with Crippen LogP contribution >= 0.6 is 0 Å². The number of anilines is 2. The first-order valence-corrected chi connectivity index (χ1v) is 11.6. The molecule has 1 amide bonds. The Morgan fingerprint density at radius 1 is 1.20 bits per heavy atom. The number of sulfonamides is 1. The van der Waals surface area contributed by atoms with Crippen LogP contribution in [0.5, 0.6) is 0 Å². The molecule has 2 heterocycles. The lowest BCUT2D eigenvalue weighted by molar-refractivity contribution is -0.107. The molecule has 9 heteroatoms. The molecular formula is C21H21FN4O3S. The number of pyridine rings is 1. The van der Waals surface area contributed by atoms with E-state index >= 15 is 0 Å². The van der Waals surface area contributed by atoms with Gasteiger partial charge in [0.1, 0.15) is 17.3 Å². The van der Waals surface area contributed by atoms with Crippen LogP contribution in [0.1, 0.15) is 25.7 Å². The van der Waals surface area contributed by atoms with E-state index in [-0.39, 0.29) is 23.4 Å². The fourth-order valence-electron chi connectivity index (χ4n) is 3.64. The van der Waals surface area contributed by atoms with Crippen LogP contribution in [0.25, 0.3) is 22.2 Å². The molecule has 0 saturated heterocycles. The second-order valence-corrected chi connectivity index (χ2v) is 9.80. The van der Waals surface area contributed by atoms with E-state index in [2.05, 4.69) is 14.7 Å². The highest BCUT2D eigenvalue weighted by atomic mass is 32.2. The smallest absolute Gasteiger partial charge is 0.233 e. The Morgan fingerprint density at radius 2 is 2.00 bits per heavy atom. The van der Waals surface area contributed by atoms with Crippen molar-refractivity contribution in [3.8, 4) is 11.1 Å². The molecule has 3 aromatic rings. The van der Waals surface area contributed by atoms with E-state index in [1.54, 1.807) is 23.2 Å². The van der Waals surface area contributed by atoms with Crippen molar-refractivity contribution in [1.82, 2.24) is 9.97 Å². The molecule has 0 aliphatic heterocycles. The average Bonchev–Trinajstić information content (AvgIpc) is 3.63. The van der Waals surface area contributed by atoms with Gasteiger partial charge >= 0.3 is 0 Å². The number of H-pyrrole nitrogens is 1. The van der Waals surface area contributed by atoms with Crippen LogP contribution in [0.4, 0.5) is 15.9 Å². The molecule has 7 nitrogen and oxygen atoms in total. The van der Waals surface area contributed by atoms with Gasteiger partial charge in [-0.05, 0) is 67.0 Å². The third kappa shape index (κ3) is 3.77. The number of fused-ring (bicyclic) bond motifs is 1. The van der Waals surface area contributed by atoms with Gasteiger partial charge < -0.3 is 4.98 Å². The van der Waals surface area contributed by atoms with Crippen molar-refractivity contribution in [1.29, 1.82) is 0 Å². The zero-order chi connectivity index (χ0) is 20.9. The molecule has 156 valence electrons. The molecule has 2 N–H and O–H groups in total. The first-order valence-electron chi connectivity index (χ1n) is 9.96. The van der Waals surface area contributed by atoms with Gasteiger partial charge in [-0.3, -0.25) is 14.4 Å². The monoisotopic (exact) mass is 428 g/mol. The number of rotatable bonds is 8. The topological polar surface area (TPSA) is 95.2 Å². The van der Waals surface area contributed by atoms with Crippen LogP contribution in [-0.2, 0) is 14.8 Å². The molecule has 2 aromatic heterocycles. The van der Waals surface area contributed by atoms with E-state index in [0.717, 1.165) is 43.0 Å². The maximum atomic E-state index is 14.8. The molecule has 5 rings (SSSR count). The highest BCUT2D eigenvalue weighted by molar-refractivity contribution is 7.92. The summed E-state index contributed by atoms with van der Waals surface area (Å²) in [7, 11) is -3.57. The second-order valence-electron chi connectivity index (χ2n) is 8.03. The molecular weight excluding hydrogens is 407 g/mol. The van der Waals surface area contributed by atoms with Crippen molar-refractivity contribution < 1.29 is 17.6 Å². The molecule has 0 spiro atoms. The molecule has 2 saturated carbocycles. The highest BCUT2D eigenvalue weighted by Gasteiger charge is 2.31. The summed E-state index contributed by atoms with van der Waals surface area (Å²) in [6.45, 7) is 0. The average molecular weight is 428 g/mol. The standard InChI is InChI=1S/C21H21FN4O3S/c22-18-9-14(3-6-19(18)25-30(28,29)11-13-1-2-13)17-10-20(26(12-27)15-4-5-15)24-21-16(17)7-8-23-21/h3,6-10,12-13,15,25H,1-2,4-5,11H2,(H,23,24). The van der Waals surface area contributed by atoms with Gasteiger partial charge in [0.25, 0.3) is 0 Å². The van der Waals surface area contributed by atoms with Crippen molar-refractivity contribution in [2.45, 2.75) is 31.7 Å². The number of halogens is 1. The number of carbonyl (C=O) groups is 1. The number of aromatic nitrogens is 2. The summed E-state index contributed by atoms with van der Waals surface area (Å²) in [4.78, 5) is 20.7. The minimum Gasteiger partial charge on any atom is -0.346 e. The third-order valence-electron chi connectivity index (χ3n) is 5.53. The van der Waals surface area contributed by atoms with Crippen molar-refractivity contribution >= 4 is 39.0 Å². The summed E-state index contributed by atoms with van der Waals surface area (Å²) in [5.41, 5.74) is 1.83. The SMILES string of the molecule is O=CN(c1cc(-c2ccc(NS(=O)(=O)CC3CC3)c(F)c2)c2cc[nH]c2n1)C1CC1. The molecule has 30 heavy (non-hydrogen) atoms. The maximum absolute atomic E-state index is 14.8. The fourth-order valence-corrected chi connectivity index (χ4v) is 5.18. The summed E-state index contributed by atoms with van der Waals surface area (Å²) in [6, 6.07) is 8.18. The fraction of sp³-hybridized carbons (Fsp3) is 0.333. The van der Waals surface area contributed by atoms with Gasteiger partial charge in [-0.15, -0.1) is 0 Å². The summed E-state index contributed by atoms with van der Waals surface area (Å²) in [6.07, 6.45) is 6.18. The quantitative estimate of drug-likeness (QED) is 0.536. The van der Waals surface area contributed by atoms with E-state index in [0.29, 0.717) is 17.0 Å². The van der Waals surface area contributed by atoms with Crippen LogP contribution in [0.2, 0.25) is 0 Å². The number of benzene rings is 1. The Morgan fingerprint density at radius 3 is 2.67 bits per heavy atom. The minimum absolute atomic E-state index is 0.0224. The van der Waals surface area contributed by atoms with E-state index in [9.17, 15) is 17.6 Å². The normalized spacial score (nSPS) is 16.6. The van der Waals surface area contributed by atoms with Gasteiger partial charge in [-0.2, -0.15) is 0 Å². The molecule has 1 aromatic carbocycles. The number of hydrogen-bond donors (Lipinski definition) is 2. The number of hydrogen-bond acceptors (Lipinski definition) is 4. The Bertz CT molecular complexity index is 1230. The van der Waals surface area contributed by atoms with Crippen LogP contribution in [0.3, 0.4) is 0 Å². The molecule has 2 fully saturated rings. The van der Waals surface area contributed by atoms with E-state index in [4.69, 9.17) is 0 Å². The minimum atomic E-state index is -3.57. The zero-order valence-corrected chi connectivity index (χ0v) is 17.0. The van der Waals surface area contributed by atoms with Crippen LogP contribution < -0.4 is 9.62 Å². The molecule has 0 bridgehead atoms. The number of amides is 1. The predicted octanol–water partition coefficient (Wildman–Crippen LogP) is 3.65. The zero-order valence-electron chi connectivity index (χ0n) is 16.1. The molecule has 0 atom stereocenters. The number of nitrogens with one attached hydrogen (secondary N) is 2. The summed E-state index contributed by atoms with van der Waals surface area (Å²) in [5, 5.41) is 0.793. The Hall–Kier alpha value is -2.94. The Labute approximate surface area is 173 Å². The van der Waals surface area contributed by atoms with Gasteiger partial charge in [0.15, 0.2) is 0 Å². The highest BCUT2D eigenvalue weighted by Crippen LogP contribution is 2.36. The maximum Gasteiger partial charge on any atom is 0.233 e. The van der Waals surface area contributed by atoms with Gasteiger partial charge in [-0.25, -0.2) is 17.8 Å². The number of aromatic amines is 1. The van der Waals surface area contributed by atoms with E-state index < -0.39 is 15.8 Å². The largest absolute Gasteiger partial charge is 0.346 e. The van der Waals surface area contributed by atoms with Crippen molar-refractivity contribution in [3.05, 3.63) is 42.3 Å². The lowest BCUT2D eigenvalue weighted by Gasteiger charge is -2.17. The van der Waals surface area contributed by atoms with Crippen LogP contribution in [0, 0.1) is 11.7 Å². The predicted molar refractivity (Wildman–Crippen MR) is 113 cm³/mol. The molecule has 0 unspecified atom stereocenters. The first-order chi connectivity index (χ1) is 14.4. The van der Waals surface area contributed by atoms with Gasteiger partial charge in [-0.1, -0.05) is 6.07 Å². The van der Waals surface area contributed by atoms with Crippen LogP contribution in [-0.4, -0.2) is 36.6 Å². The number of carbonyl (C=O) groups excluding carboxylic acids is 1. The number of nitrogens with zero attached hydrogens (tertiary/aromatic N) is 2. The summed E-state index contributed by atoms with van der Waals surface area (Å²) in [5.74, 6) is 0.0544. The summed E-state index contributed by atoms with van der Waals surface area (Å²) >= 11 is 0. The van der Waals surface area contributed by atoms with Crippen molar-refractivity contribution in [2.24, 2.45) is 5.92 Å². The summed E-state index contributed by atoms with van der Waals surface area (Å²) < 4.78 is 41.5. The van der Waals surface area contributed by atoms with E-state index in [1.807, 2.05) is 6.07 Å². The third-order valence-corrected chi connectivity index (χ3v) is 6.97. The first kappa shape index (κ1) is 19.0. The molecule has 2 aliphatic carbocycles. The van der Waals surface area contributed by atoms with E-state index in [1.165, 1.54) is 12.1 Å². The van der Waals surface area contributed by atoms with Gasteiger partial charge in [0.05, 0.1) is 11.4 Å². The lowest BCUT2D eigenvalue weighted by atomic mass is 10.0. The van der Waals surface area contributed by atoms with Gasteiger partial charge in [0, 0.05) is 17.6 Å². The molecule has 2 aliphatic rings. The second kappa shape index (κ2) is 7.09. The lowest BCUT2D eigenvalue weighted by Crippen LogP contribution is -2.24. The van der Waals surface area contributed by atoms with Crippen LogP contribution in [0.15, 0.2) is 36.5 Å². The Balaban J connectivity index is 1.51. The van der Waals surface area contributed by atoms with Gasteiger partial charge in [0.2, 0.25) is 16.4 Å². The van der Waals surface area contributed by atoms with Crippen molar-refractivity contribution in [2.75, 3.05) is 15.4 Å². The molecule has 0 radical (unpaired) electrons. The van der Waals surface area contributed by atoms with Crippen molar-refractivity contribution in [3.63, 3.8) is 0 Å². The Kier molecular flexibility index (Phi) is 4.50.